The maximum absolute atomic E-state index is 14.4. The third-order valence-electron chi connectivity index (χ3n) is 16.4. The molecule has 2 amide bonds. The Morgan fingerprint density at radius 3 is 0.571 bits per heavy atom. The summed E-state index contributed by atoms with van der Waals surface area (Å²) in [6.07, 6.45) is 57.4. The van der Waals surface area contributed by atoms with E-state index in [2.05, 4.69) is 52.4 Å². The molecule has 2 aromatic carbocycles. The van der Waals surface area contributed by atoms with Crippen molar-refractivity contribution < 1.29 is 38.0 Å². The molecule has 10 nitrogen and oxygen atoms in total. The van der Waals surface area contributed by atoms with Gasteiger partial charge in [0.05, 0.1) is 39.6 Å². The minimum atomic E-state index is -0.477. The number of amides is 2. The first-order valence-corrected chi connectivity index (χ1v) is 36.2. The molecule has 0 atom stereocenters. The Balaban J connectivity index is 2.45. The number of unbranched alkanes of at least 4 members (excludes halogenated alkanes) is 42. The van der Waals surface area contributed by atoms with Crippen LogP contribution in [0.2, 0.25) is 0 Å². The van der Waals surface area contributed by atoms with Crippen LogP contribution in [0.5, 0.6) is 34.5 Å². The van der Waals surface area contributed by atoms with Gasteiger partial charge in [-0.25, -0.2) is 0 Å². The van der Waals surface area contributed by atoms with Gasteiger partial charge >= 0.3 is 0 Å². The largest absolute Gasteiger partial charge is 0.490 e. The number of carbonyl (C=O) groups excluding carboxylic acids is 2. The Bertz CT molecular complexity index is 1610. The van der Waals surface area contributed by atoms with Crippen molar-refractivity contribution in [1.82, 2.24) is 10.9 Å². The highest BCUT2D eigenvalue weighted by Gasteiger charge is 2.23. The molecular weight excluding hydrogens is 1040 g/mol. The number of rotatable bonds is 62. The molecule has 486 valence electrons. The topological polar surface area (TPSA) is 114 Å². The van der Waals surface area contributed by atoms with Crippen LogP contribution in [0, 0.1) is 0 Å². The Kier molecular flexibility index (Phi) is 51.7. The van der Waals surface area contributed by atoms with E-state index in [1.54, 1.807) is 24.3 Å². The minimum absolute atomic E-state index is 0.319. The third kappa shape index (κ3) is 40.5. The van der Waals surface area contributed by atoms with Crippen molar-refractivity contribution in [3.8, 4) is 34.5 Å². The highest BCUT2D eigenvalue weighted by molar-refractivity contribution is 6.00. The van der Waals surface area contributed by atoms with Crippen LogP contribution < -0.4 is 39.3 Å². The van der Waals surface area contributed by atoms with Gasteiger partial charge in [0.2, 0.25) is 11.5 Å². The zero-order valence-electron chi connectivity index (χ0n) is 55.8. The second-order valence-corrected chi connectivity index (χ2v) is 24.5. The molecule has 0 aliphatic rings. The van der Waals surface area contributed by atoms with Gasteiger partial charge in [-0.15, -0.1) is 0 Å². The van der Waals surface area contributed by atoms with Crippen LogP contribution in [0.4, 0.5) is 0 Å². The van der Waals surface area contributed by atoms with Crippen molar-refractivity contribution in [1.29, 1.82) is 0 Å². The van der Waals surface area contributed by atoms with E-state index in [-0.39, 0.29) is 0 Å². The molecule has 2 aromatic rings. The molecule has 0 radical (unpaired) electrons. The number of hydrogen-bond acceptors (Lipinski definition) is 8. The summed E-state index contributed by atoms with van der Waals surface area (Å²) >= 11 is 0. The van der Waals surface area contributed by atoms with Gasteiger partial charge in [-0.2, -0.15) is 0 Å². The molecule has 10 heteroatoms. The first-order valence-electron chi connectivity index (χ1n) is 36.2. The van der Waals surface area contributed by atoms with Crippen LogP contribution in [0.25, 0.3) is 0 Å². The van der Waals surface area contributed by atoms with Crippen molar-refractivity contribution in [2.24, 2.45) is 0 Å². The van der Waals surface area contributed by atoms with Gasteiger partial charge in [0.25, 0.3) is 11.8 Å². The molecule has 0 bridgehead atoms. The molecule has 0 unspecified atom stereocenters. The first-order chi connectivity index (χ1) is 41.4. The Labute approximate surface area is 517 Å². The van der Waals surface area contributed by atoms with E-state index >= 15 is 0 Å². The molecular formula is C74H132N2O8. The second-order valence-electron chi connectivity index (χ2n) is 24.5. The number of carbonyl (C=O) groups is 2. The maximum atomic E-state index is 14.4. The standard InChI is InChI=1S/C74H132N2O8/c1-7-13-19-25-31-37-43-49-55-79-67-61-65(62-68(80-56-50-44-38-32-26-20-14-8-2)71(67)83-59-53-47-41-35-29-23-17-11-5)73(77)75-76-74(78)66-63-69(81-57-51-45-39-33-27-21-15-9-3)72(84-60-54-48-42-36-30-24-18-12-6)70(64-66)82-58-52-46-40-34-28-22-16-10-4/h61-64H,7-60H2,1-6H3,(H,75,77)(H,76,78). The normalized spacial score (nSPS) is 11.3. The van der Waals surface area contributed by atoms with Gasteiger partial charge in [-0.1, -0.05) is 311 Å². The number of ether oxygens (including phenoxy) is 6. The summed E-state index contributed by atoms with van der Waals surface area (Å²) < 4.78 is 39.5. The summed E-state index contributed by atoms with van der Waals surface area (Å²) in [4.78, 5) is 28.7. The molecule has 0 aliphatic heterocycles. The minimum Gasteiger partial charge on any atom is -0.490 e. The van der Waals surface area contributed by atoms with E-state index in [4.69, 9.17) is 28.4 Å². The van der Waals surface area contributed by atoms with Crippen molar-refractivity contribution in [2.45, 2.75) is 350 Å². The molecule has 0 heterocycles. The lowest BCUT2D eigenvalue weighted by Crippen LogP contribution is -2.41. The number of hydrogen-bond donors (Lipinski definition) is 2. The molecule has 2 rings (SSSR count). The van der Waals surface area contributed by atoms with Gasteiger partial charge in [0.1, 0.15) is 0 Å². The Morgan fingerprint density at radius 1 is 0.238 bits per heavy atom. The molecule has 2 N–H and O–H groups in total. The average molecular weight is 1180 g/mol. The summed E-state index contributed by atoms with van der Waals surface area (Å²) in [6, 6.07) is 7.02. The van der Waals surface area contributed by atoms with E-state index in [0.29, 0.717) is 85.3 Å². The fourth-order valence-corrected chi connectivity index (χ4v) is 10.9. The monoisotopic (exact) mass is 1180 g/mol. The van der Waals surface area contributed by atoms with Gasteiger partial charge in [-0.3, -0.25) is 20.4 Å². The molecule has 0 aromatic heterocycles. The van der Waals surface area contributed by atoms with Crippen molar-refractivity contribution in [3.63, 3.8) is 0 Å². The fraction of sp³-hybridized carbons (Fsp3) is 0.811. The van der Waals surface area contributed by atoms with E-state index in [0.717, 1.165) is 77.0 Å². The van der Waals surface area contributed by atoms with E-state index < -0.39 is 11.8 Å². The smallest absolute Gasteiger partial charge is 0.269 e. The lowest BCUT2D eigenvalue weighted by molar-refractivity contribution is 0.0845. The summed E-state index contributed by atoms with van der Waals surface area (Å²) in [5, 5.41) is 0. The molecule has 0 saturated heterocycles. The van der Waals surface area contributed by atoms with Gasteiger partial charge < -0.3 is 28.4 Å². The van der Waals surface area contributed by atoms with Gasteiger partial charge in [-0.05, 0) is 62.8 Å². The highest BCUT2D eigenvalue weighted by atomic mass is 16.5. The van der Waals surface area contributed by atoms with Crippen LogP contribution >= 0.6 is 0 Å². The molecule has 0 aliphatic carbocycles. The van der Waals surface area contributed by atoms with Crippen LogP contribution in [-0.4, -0.2) is 51.5 Å². The zero-order valence-corrected chi connectivity index (χ0v) is 55.8. The number of nitrogens with one attached hydrogen (secondary N) is 2. The molecule has 0 saturated carbocycles. The zero-order chi connectivity index (χ0) is 60.4. The number of benzene rings is 2. The summed E-state index contributed by atoms with van der Waals surface area (Å²) in [7, 11) is 0. The van der Waals surface area contributed by atoms with Gasteiger partial charge in [0, 0.05) is 11.1 Å². The van der Waals surface area contributed by atoms with Crippen LogP contribution in [0.3, 0.4) is 0 Å². The summed E-state index contributed by atoms with van der Waals surface area (Å²) in [5.41, 5.74) is 6.15. The SMILES string of the molecule is CCCCCCCCCCOc1cc(C(=O)NNC(=O)c2cc(OCCCCCCCCCC)c(OCCCCCCCCCC)c(OCCCCCCCCCC)c2)cc(OCCCCCCCCCC)c1OCCCCCCCCCC. The van der Waals surface area contributed by atoms with E-state index in [1.807, 2.05) is 0 Å². The van der Waals surface area contributed by atoms with E-state index in [9.17, 15) is 9.59 Å². The Morgan fingerprint density at radius 2 is 0.393 bits per heavy atom. The predicted molar refractivity (Wildman–Crippen MR) is 356 cm³/mol. The first kappa shape index (κ1) is 76.3. The van der Waals surface area contributed by atoms with Crippen LogP contribution in [0.1, 0.15) is 370 Å². The lowest BCUT2D eigenvalue weighted by atomic mass is 10.1. The van der Waals surface area contributed by atoms with E-state index in [1.165, 1.54) is 231 Å². The van der Waals surface area contributed by atoms with Crippen LogP contribution in [-0.2, 0) is 0 Å². The molecule has 84 heavy (non-hydrogen) atoms. The number of hydrazine groups is 1. The summed E-state index contributed by atoms with van der Waals surface area (Å²) in [5.74, 6) is 2.16. The summed E-state index contributed by atoms with van der Waals surface area (Å²) in [6.45, 7) is 16.7. The molecule has 0 spiro atoms. The molecule has 0 fully saturated rings. The van der Waals surface area contributed by atoms with Crippen LogP contribution in [0.15, 0.2) is 24.3 Å². The van der Waals surface area contributed by atoms with Crippen molar-refractivity contribution in [3.05, 3.63) is 35.4 Å². The maximum Gasteiger partial charge on any atom is 0.269 e. The van der Waals surface area contributed by atoms with Crippen molar-refractivity contribution >= 4 is 11.8 Å². The fourth-order valence-electron chi connectivity index (χ4n) is 10.9. The highest BCUT2D eigenvalue weighted by Crippen LogP contribution is 2.41. The lowest BCUT2D eigenvalue weighted by Gasteiger charge is -2.20. The van der Waals surface area contributed by atoms with Crippen molar-refractivity contribution in [2.75, 3.05) is 39.6 Å². The quantitative estimate of drug-likeness (QED) is 0.0497. The second kappa shape index (κ2) is 57.0. The Hall–Kier alpha value is -3.82. The average Bonchev–Trinajstić information content (AvgIpc) is 2.85. The third-order valence-corrected chi connectivity index (χ3v) is 16.4. The van der Waals surface area contributed by atoms with Gasteiger partial charge in [0.15, 0.2) is 23.0 Å². The predicted octanol–water partition coefficient (Wildman–Crippen LogP) is 22.9.